The maximum absolute atomic E-state index is 12.7. The summed E-state index contributed by atoms with van der Waals surface area (Å²) < 4.78 is 0. The van der Waals surface area contributed by atoms with Gasteiger partial charge >= 0.3 is 0 Å². The summed E-state index contributed by atoms with van der Waals surface area (Å²) in [5.74, 6) is 2.15. The smallest absolute Gasteiger partial charge is 0.232 e. The number of aliphatic hydroxyl groups is 1. The molecule has 1 aromatic carbocycles. The molecule has 1 heterocycles. The second-order valence-electron chi connectivity index (χ2n) is 7.77. The Hall–Kier alpha value is -1.04. The second kappa shape index (κ2) is 10.3. The minimum Gasteiger partial charge on any atom is -0.396 e. The number of aryl methyl sites for hydroxylation is 2. The number of hydrogen-bond acceptors (Lipinski definition) is 4. The van der Waals surface area contributed by atoms with Gasteiger partial charge in [-0.05, 0) is 58.7 Å². The number of likely N-dealkylation sites (tertiary alicyclic amines) is 1. The highest BCUT2D eigenvalue weighted by molar-refractivity contribution is 7.99. The number of amides is 1. The molecule has 1 fully saturated rings. The van der Waals surface area contributed by atoms with Gasteiger partial charge in [0, 0.05) is 31.5 Å². The number of aliphatic hydroxyl groups excluding tert-OH is 1. The van der Waals surface area contributed by atoms with Gasteiger partial charge in [0.05, 0.1) is 5.75 Å². The van der Waals surface area contributed by atoms with Crippen LogP contribution < -0.4 is 0 Å². The van der Waals surface area contributed by atoms with Crippen LogP contribution in [0.25, 0.3) is 0 Å². The van der Waals surface area contributed by atoms with Crippen LogP contribution in [0.15, 0.2) is 18.2 Å². The van der Waals surface area contributed by atoms with E-state index in [0.29, 0.717) is 17.7 Å². The van der Waals surface area contributed by atoms with Crippen LogP contribution in [0.5, 0.6) is 0 Å². The summed E-state index contributed by atoms with van der Waals surface area (Å²) in [6, 6.07) is 7.10. The first-order valence-corrected chi connectivity index (χ1v) is 10.8. The van der Waals surface area contributed by atoms with Crippen LogP contribution in [0.2, 0.25) is 0 Å². The van der Waals surface area contributed by atoms with Gasteiger partial charge < -0.3 is 14.9 Å². The molecule has 2 atom stereocenters. The van der Waals surface area contributed by atoms with Crippen molar-refractivity contribution in [2.24, 2.45) is 5.92 Å². The third-order valence-corrected chi connectivity index (χ3v) is 6.21. The van der Waals surface area contributed by atoms with E-state index >= 15 is 0 Å². The first kappa shape index (κ1) is 21.3. The van der Waals surface area contributed by atoms with Gasteiger partial charge in [-0.25, -0.2) is 0 Å². The fourth-order valence-corrected chi connectivity index (χ4v) is 4.92. The number of thioether (sulfide) groups is 1. The van der Waals surface area contributed by atoms with E-state index in [1.165, 1.54) is 16.7 Å². The lowest BCUT2D eigenvalue weighted by molar-refractivity contribution is -0.131. The standard InChI is InChI=1S/C21H34N2O2S/c1-16-10-17(2)12-18(11-16)14-26-15-21(25)23-8-7-20(22(3)4)19(13-23)6-5-9-24/h10-12,19-20,24H,5-9,13-15H2,1-4H3/t19-,20+/m1/s1. The van der Waals surface area contributed by atoms with Crippen molar-refractivity contribution in [3.8, 4) is 0 Å². The van der Waals surface area contributed by atoms with Gasteiger partial charge in [-0.3, -0.25) is 4.79 Å². The van der Waals surface area contributed by atoms with Gasteiger partial charge in [0.1, 0.15) is 0 Å². The van der Waals surface area contributed by atoms with Gasteiger partial charge in [0.2, 0.25) is 5.91 Å². The number of rotatable bonds is 8. The molecule has 1 amide bonds. The molecule has 0 bridgehead atoms. The number of nitrogens with zero attached hydrogens (tertiary/aromatic N) is 2. The maximum Gasteiger partial charge on any atom is 0.232 e. The molecule has 5 heteroatoms. The van der Waals surface area contributed by atoms with Crippen LogP contribution in [0, 0.1) is 19.8 Å². The Balaban J connectivity index is 1.84. The summed E-state index contributed by atoms with van der Waals surface area (Å²) in [5.41, 5.74) is 3.86. The predicted octanol–water partition coefficient (Wildman–Crippen LogP) is 3.09. The molecule has 0 spiro atoms. The van der Waals surface area contributed by atoms with Crippen molar-refractivity contribution in [3.05, 3.63) is 34.9 Å². The first-order chi connectivity index (χ1) is 12.4. The average Bonchev–Trinajstić information content (AvgIpc) is 2.58. The summed E-state index contributed by atoms with van der Waals surface area (Å²) in [5, 5.41) is 9.16. The monoisotopic (exact) mass is 378 g/mol. The fourth-order valence-electron chi connectivity index (χ4n) is 4.06. The van der Waals surface area contributed by atoms with Gasteiger partial charge in [-0.15, -0.1) is 11.8 Å². The minimum absolute atomic E-state index is 0.232. The van der Waals surface area contributed by atoms with Crippen LogP contribution in [0.3, 0.4) is 0 Å². The van der Waals surface area contributed by atoms with Crippen LogP contribution in [-0.4, -0.2) is 66.4 Å². The largest absolute Gasteiger partial charge is 0.396 e. The van der Waals surface area contributed by atoms with Crippen LogP contribution >= 0.6 is 11.8 Å². The fraction of sp³-hybridized carbons (Fsp3) is 0.667. The zero-order valence-electron chi connectivity index (χ0n) is 16.7. The highest BCUT2D eigenvalue weighted by Gasteiger charge is 2.32. The Morgan fingerprint density at radius 3 is 2.58 bits per heavy atom. The summed E-state index contributed by atoms with van der Waals surface area (Å²) in [4.78, 5) is 17.0. The summed E-state index contributed by atoms with van der Waals surface area (Å²) >= 11 is 1.71. The van der Waals surface area contributed by atoms with Crippen molar-refractivity contribution >= 4 is 17.7 Å². The molecule has 0 aromatic heterocycles. The van der Waals surface area contributed by atoms with E-state index in [-0.39, 0.29) is 12.5 Å². The second-order valence-corrected chi connectivity index (χ2v) is 8.76. The number of carbonyl (C=O) groups excluding carboxylic acids is 1. The van der Waals surface area contributed by atoms with Crippen molar-refractivity contribution < 1.29 is 9.90 Å². The van der Waals surface area contributed by atoms with E-state index in [0.717, 1.165) is 38.1 Å². The van der Waals surface area contributed by atoms with E-state index in [1.54, 1.807) is 11.8 Å². The van der Waals surface area contributed by atoms with Gasteiger partial charge in [-0.1, -0.05) is 29.3 Å². The molecule has 0 saturated carbocycles. The molecular weight excluding hydrogens is 344 g/mol. The van der Waals surface area contributed by atoms with Gasteiger partial charge in [-0.2, -0.15) is 0 Å². The van der Waals surface area contributed by atoms with Crippen LogP contribution in [0.4, 0.5) is 0 Å². The Morgan fingerprint density at radius 1 is 1.27 bits per heavy atom. The molecule has 0 aliphatic carbocycles. The van der Waals surface area contributed by atoms with E-state index in [4.69, 9.17) is 5.11 Å². The number of benzene rings is 1. The highest BCUT2D eigenvalue weighted by atomic mass is 32.2. The zero-order chi connectivity index (χ0) is 19.1. The van der Waals surface area contributed by atoms with Crippen molar-refractivity contribution in [2.75, 3.05) is 39.5 Å². The minimum atomic E-state index is 0.232. The molecule has 0 radical (unpaired) electrons. The number of carbonyl (C=O) groups is 1. The lowest BCUT2D eigenvalue weighted by Crippen LogP contribution is -2.51. The number of piperidine rings is 1. The number of hydrogen-bond donors (Lipinski definition) is 1. The third kappa shape index (κ3) is 6.29. The van der Waals surface area contributed by atoms with Gasteiger partial charge in [0.15, 0.2) is 0 Å². The summed E-state index contributed by atoms with van der Waals surface area (Å²) in [6.07, 6.45) is 2.83. The first-order valence-electron chi connectivity index (χ1n) is 9.60. The van der Waals surface area contributed by atoms with Crippen molar-refractivity contribution in [3.63, 3.8) is 0 Å². The van der Waals surface area contributed by atoms with Crippen molar-refractivity contribution in [1.82, 2.24) is 9.80 Å². The molecule has 0 unspecified atom stereocenters. The topological polar surface area (TPSA) is 43.8 Å². The van der Waals surface area contributed by atoms with Crippen LogP contribution in [-0.2, 0) is 10.5 Å². The molecule has 146 valence electrons. The average molecular weight is 379 g/mol. The molecule has 2 rings (SSSR count). The molecule has 1 aromatic rings. The Bertz CT molecular complexity index is 571. The molecule has 1 aliphatic rings. The normalized spacial score (nSPS) is 20.6. The van der Waals surface area contributed by atoms with Gasteiger partial charge in [0.25, 0.3) is 0 Å². The van der Waals surface area contributed by atoms with Crippen molar-refractivity contribution in [1.29, 1.82) is 0 Å². The maximum atomic E-state index is 12.7. The molecule has 26 heavy (non-hydrogen) atoms. The molecule has 1 aliphatic heterocycles. The Labute approximate surface area is 162 Å². The summed E-state index contributed by atoms with van der Waals surface area (Å²) in [6.45, 7) is 6.14. The SMILES string of the molecule is Cc1cc(C)cc(CSCC(=O)N2CC[C@H](N(C)C)[C@H](CCCO)C2)c1. The van der Waals surface area contributed by atoms with E-state index < -0.39 is 0 Å². The Morgan fingerprint density at radius 2 is 1.96 bits per heavy atom. The van der Waals surface area contributed by atoms with E-state index in [2.05, 4.69) is 51.0 Å². The van der Waals surface area contributed by atoms with E-state index in [9.17, 15) is 4.79 Å². The molecule has 4 nitrogen and oxygen atoms in total. The van der Waals surface area contributed by atoms with E-state index in [1.807, 2.05) is 4.90 Å². The lowest BCUT2D eigenvalue weighted by atomic mass is 9.87. The third-order valence-electron chi connectivity index (χ3n) is 5.22. The molecule has 1 saturated heterocycles. The zero-order valence-corrected chi connectivity index (χ0v) is 17.5. The van der Waals surface area contributed by atoms with Crippen molar-refractivity contribution in [2.45, 2.75) is 44.9 Å². The molecular formula is C21H34N2O2S. The summed E-state index contributed by atoms with van der Waals surface area (Å²) in [7, 11) is 4.24. The quantitative estimate of drug-likeness (QED) is 0.755. The predicted molar refractivity (Wildman–Crippen MR) is 111 cm³/mol. The molecule has 1 N–H and O–H groups in total. The van der Waals surface area contributed by atoms with Crippen LogP contribution in [0.1, 0.15) is 36.0 Å². The lowest BCUT2D eigenvalue weighted by Gasteiger charge is -2.41. The Kier molecular flexibility index (Phi) is 8.45. The highest BCUT2D eigenvalue weighted by Crippen LogP contribution is 2.26.